The van der Waals surface area contributed by atoms with Crippen molar-refractivity contribution in [3.8, 4) is 0 Å². The van der Waals surface area contributed by atoms with Crippen LogP contribution in [0.2, 0.25) is 0 Å². The second-order valence-electron chi connectivity index (χ2n) is 5.79. The predicted octanol–water partition coefficient (Wildman–Crippen LogP) is 1.79. The van der Waals surface area contributed by atoms with Crippen molar-refractivity contribution in [2.24, 2.45) is 0 Å². The van der Waals surface area contributed by atoms with Gasteiger partial charge in [0.2, 0.25) is 0 Å². The lowest BCUT2D eigenvalue weighted by Gasteiger charge is -2.14. The van der Waals surface area contributed by atoms with Crippen molar-refractivity contribution in [2.45, 2.75) is 19.1 Å². The van der Waals surface area contributed by atoms with Crippen LogP contribution in [-0.2, 0) is 25.7 Å². The van der Waals surface area contributed by atoms with Gasteiger partial charge in [-0.05, 0) is 23.8 Å². The minimum absolute atomic E-state index is 0.00112. The molecule has 1 amide bonds. The van der Waals surface area contributed by atoms with Crippen molar-refractivity contribution < 1.29 is 33.8 Å². The van der Waals surface area contributed by atoms with E-state index in [0.717, 1.165) is 5.56 Å². The Hall–Kier alpha value is -3.68. The maximum Gasteiger partial charge on any atom is 0.337 e. The van der Waals surface area contributed by atoms with Crippen LogP contribution in [0.3, 0.4) is 0 Å². The van der Waals surface area contributed by atoms with Crippen molar-refractivity contribution in [1.82, 2.24) is 5.32 Å². The Bertz CT molecular complexity index is 864. The van der Waals surface area contributed by atoms with Crippen LogP contribution < -0.4 is 5.32 Å². The average molecular weight is 385 g/mol. The number of rotatable bonds is 8. The summed E-state index contributed by atoms with van der Waals surface area (Å²) < 4.78 is 9.63. The van der Waals surface area contributed by atoms with E-state index >= 15 is 0 Å². The smallest absolute Gasteiger partial charge is 0.337 e. The molecule has 0 aliphatic rings. The molecule has 0 aliphatic heterocycles. The van der Waals surface area contributed by atoms with E-state index < -0.39 is 36.3 Å². The summed E-state index contributed by atoms with van der Waals surface area (Å²) in [4.78, 5) is 47.2. The largest absolute Gasteiger partial charge is 0.480 e. The number of benzene rings is 2. The topological polar surface area (TPSA) is 119 Å². The van der Waals surface area contributed by atoms with E-state index in [4.69, 9.17) is 4.74 Å². The van der Waals surface area contributed by atoms with Crippen molar-refractivity contribution in [3.05, 3.63) is 71.3 Å². The van der Waals surface area contributed by atoms with Gasteiger partial charge in [0.25, 0.3) is 5.91 Å². The molecule has 0 bridgehead atoms. The molecule has 0 fully saturated rings. The molecule has 2 rings (SSSR count). The normalized spacial score (nSPS) is 11.2. The van der Waals surface area contributed by atoms with E-state index in [1.165, 1.54) is 31.4 Å². The van der Waals surface area contributed by atoms with Crippen LogP contribution in [0.4, 0.5) is 0 Å². The minimum atomic E-state index is -1.47. The SMILES string of the molecule is COC(=O)c1cccc(C(=O)N[C@H](CC(=O)OCc2ccccc2)C(=O)O)c1. The summed E-state index contributed by atoms with van der Waals surface area (Å²) in [7, 11) is 1.20. The zero-order valence-corrected chi connectivity index (χ0v) is 15.1. The lowest BCUT2D eigenvalue weighted by Crippen LogP contribution is -2.42. The second kappa shape index (κ2) is 9.86. The molecule has 0 unspecified atom stereocenters. The Balaban J connectivity index is 1.98. The molecule has 0 aromatic heterocycles. The fourth-order valence-electron chi connectivity index (χ4n) is 2.31. The quantitative estimate of drug-likeness (QED) is 0.665. The molecule has 0 aliphatic carbocycles. The number of carboxylic acids is 1. The van der Waals surface area contributed by atoms with E-state index in [9.17, 15) is 24.3 Å². The van der Waals surface area contributed by atoms with Gasteiger partial charge in [-0.2, -0.15) is 0 Å². The highest BCUT2D eigenvalue weighted by Gasteiger charge is 2.25. The van der Waals surface area contributed by atoms with Crippen molar-refractivity contribution in [1.29, 1.82) is 0 Å². The third-order valence-corrected chi connectivity index (χ3v) is 3.76. The van der Waals surface area contributed by atoms with Gasteiger partial charge in [-0.3, -0.25) is 9.59 Å². The van der Waals surface area contributed by atoms with Gasteiger partial charge in [-0.25, -0.2) is 9.59 Å². The average Bonchev–Trinajstić information content (AvgIpc) is 2.71. The fraction of sp³-hybridized carbons (Fsp3) is 0.200. The van der Waals surface area contributed by atoms with Crippen molar-refractivity contribution in [3.63, 3.8) is 0 Å². The lowest BCUT2D eigenvalue weighted by atomic mass is 10.1. The molecule has 0 saturated carbocycles. The van der Waals surface area contributed by atoms with Gasteiger partial charge < -0.3 is 19.9 Å². The van der Waals surface area contributed by atoms with E-state index in [2.05, 4.69) is 10.1 Å². The summed E-state index contributed by atoms with van der Waals surface area (Å²) in [6.45, 7) is 0.00112. The maximum atomic E-state index is 12.3. The molecular weight excluding hydrogens is 366 g/mol. The molecule has 2 aromatic rings. The first kappa shape index (κ1) is 20.6. The number of nitrogens with one attached hydrogen (secondary N) is 1. The molecule has 146 valence electrons. The summed E-state index contributed by atoms with van der Waals surface area (Å²) in [5.74, 6) is -3.52. The highest BCUT2D eigenvalue weighted by molar-refractivity contribution is 5.99. The number of carboxylic acid groups (broad SMARTS) is 1. The van der Waals surface area contributed by atoms with Gasteiger partial charge in [-0.15, -0.1) is 0 Å². The van der Waals surface area contributed by atoms with Gasteiger partial charge in [0.05, 0.1) is 19.1 Å². The number of hydrogen-bond acceptors (Lipinski definition) is 6. The number of carbonyl (C=O) groups excluding carboxylic acids is 3. The predicted molar refractivity (Wildman–Crippen MR) is 97.5 cm³/mol. The van der Waals surface area contributed by atoms with Gasteiger partial charge in [0, 0.05) is 5.56 Å². The summed E-state index contributed by atoms with van der Waals surface area (Å²) in [5, 5.41) is 11.5. The number of carbonyl (C=O) groups is 4. The fourth-order valence-corrected chi connectivity index (χ4v) is 2.31. The maximum absolute atomic E-state index is 12.3. The Labute approximate surface area is 161 Å². The standard InChI is InChI=1S/C20H19NO7/c1-27-20(26)15-9-5-8-14(10-15)18(23)21-16(19(24)25)11-17(22)28-12-13-6-3-2-4-7-13/h2-10,16H,11-12H2,1H3,(H,21,23)(H,24,25)/t16-/m1/s1. The number of esters is 2. The zero-order valence-electron chi connectivity index (χ0n) is 15.1. The van der Waals surface area contributed by atoms with Gasteiger partial charge in [0.1, 0.15) is 12.6 Å². The van der Waals surface area contributed by atoms with Crippen LogP contribution in [0.5, 0.6) is 0 Å². The van der Waals surface area contributed by atoms with Crippen LogP contribution in [0.15, 0.2) is 54.6 Å². The molecule has 28 heavy (non-hydrogen) atoms. The minimum Gasteiger partial charge on any atom is -0.480 e. The van der Waals surface area contributed by atoms with E-state index in [1.807, 2.05) is 6.07 Å². The first-order chi connectivity index (χ1) is 13.4. The molecule has 2 N–H and O–H groups in total. The Morgan fingerprint density at radius 1 is 1.00 bits per heavy atom. The highest BCUT2D eigenvalue weighted by Crippen LogP contribution is 2.08. The second-order valence-corrected chi connectivity index (χ2v) is 5.79. The van der Waals surface area contributed by atoms with Gasteiger partial charge >= 0.3 is 17.9 Å². The molecule has 0 saturated heterocycles. The molecular formula is C20H19NO7. The van der Waals surface area contributed by atoms with Crippen LogP contribution in [0, 0.1) is 0 Å². The van der Waals surface area contributed by atoms with Crippen LogP contribution >= 0.6 is 0 Å². The molecule has 8 nitrogen and oxygen atoms in total. The van der Waals surface area contributed by atoms with Crippen molar-refractivity contribution in [2.75, 3.05) is 7.11 Å². The van der Waals surface area contributed by atoms with Crippen LogP contribution in [-0.4, -0.2) is 42.1 Å². The summed E-state index contributed by atoms with van der Waals surface area (Å²) in [5.41, 5.74) is 0.961. The summed E-state index contributed by atoms with van der Waals surface area (Å²) >= 11 is 0. The summed E-state index contributed by atoms with van der Waals surface area (Å²) in [6.07, 6.45) is -0.537. The third-order valence-electron chi connectivity index (χ3n) is 3.76. The van der Waals surface area contributed by atoms with Crippen molar-refractivity contribution >= 4 is 23.8 Å². The molecule has 2 aromatic carbocycles. The molecule has 0 heterocycles. The van der Waals surface area contributed by atoms with Crippen LogP contribution in [0.1, 0.15) is 32.7 Å². The molecule has 0 radical (unpaired) electrons. The van der Waals surface area contributed by atoms with Gasteiger partial charge in [0.15, 0.2) is 0 Å². The summed E-state index contributed by atoms with van der Waals surface area (Å²) in [6, 6.07) is 13.0. The third kappa shape index (κ3) is 5.94. The van der Waals surface area contributed by atoms with E-state index in [0.29, 0.717) is 0 Å². The van der Waals surface area contributed by atoms with Crippen LogP contribution in [0.25, 0.3) is 0 Å². The molecule has 8 heteroatoms. The zero-order chi connectivity index (χ0) is 20.5. The highest BCUT2D eigenvalue weighted by atomic mass is 16.5. The Morgan fingerprint density at radius 3 is 2.32 bits per heavy atom. The number of methoxy groups -OCH3 is 1. The molecule has 0 spiro atoms. The van der Waals surface area contributed by atoms with Gasteiger partial charge in [-0.1, -0.05) is 36.4 Å². The van der Waals surface area contributed by atoms with E-state index in [1.54, 1.807) is 24.3 Å². The number of aliphatic carboxylic acids is 1. The number of ether oxygens (including phenoxy) is 2. The Kier molecular flexibility index (Phi) is 7.27. The monoisotopic (exact) mass is 385 g/mol. The van der Waals surface area contributed by atoms with E-state index in [-0.39, 0.29) is 17.7 Å². The first-order valence-corrected chi connectivity index (χ1v) is 8.32. The molecule has 1 atom stereocenters. The Morgan fingerprint density at radius 2 is 1.68 bits per heavy atom. The number of hydrogen-bond donors (Lipinski definition) is 2. The lowest BCUT2D eigenvalue weighted by molar-refractivity contribution is -0.150. The number of amides is 1. The first-order valence-electron chi connectivity index (χ1n) is 8.32.